The summed E-state index contributed by atoms with van der Waals surface area (Å²) < 4.78 is 0. The molecule has 0 spiro atoms. The van der Waals surface area contributed by atoms with Crippen molar-refractivity contribution in [3.63, 3.8) is 0 Å². The van der Waals surface area contributed by atoms with Gasteiger partial charge in [-0.2, -0.15) is 0 Å². The van der Waals surface area contributed by atoms with E-state index in [1.165, 1.54) is 18.4 Å². The highest BCUT2D eigenvalue weighted by molar-refractivity contribution is 5.99. The minimum Gasteiger partial charge on any atom is -0.293 e. The molecule has 0 aromatic heterocycles. The van der Waals surface area contributed by atoms with Crippen LogP contribution in [0.2, 0.25) is 0 Å². The normalized spacial score (nSPS) is 16.5. The summed E-state index contributed by atoms with van der Waals surface area (Å²) in [4.78, 5) is 14.1. The third-order valence-corrected chi connectivity index (χ3v) is 2.91. The molecule has 15 heavy (non-hydrogen) atoms. The molecule has 2 nitrogen and oxygen atoms in total. The molecule has 0 bridgehead atoms. The maximum atomic E-state index is 11.8. The van der Waals surface area contributed by atoms with Crippen molar-refractivity contribution < 1.29 is 4.79 Å². The Balaban J connectivity index is 2.12. The number of Topliss-reactive ketones (excluding diaryl/α,β-unsaturated/α-hetero) is 1. The van der Waals surface area contributed by atoms with E-state index in [1.807, 2.05) is 18.2 Å². The molecule has 0 saturated carbocycles. The van der Waals surface area contributed by atoms with E-state index in [2.05, 4.69) is 17.9 Å². The maximum Gasteiger partial charge on any atom is 0.177 e. The number of rotatable bonds is 3. The fourth-order valence-electron chi connectivity index (χ4n) is 2.06. The van der Waals surface area contributed by atoms with Crippen LogP contribution in [0.5, 0.6) is 0 Å². The predicted molar refractivity (Wildman–Crippen MR) is 61.0 cm³/mol. The molecular weight excluding hydrogens is 186 g/mol. The number of carbonyl (C=O) groups excluding carboxylic acids is 1. The Kier molecular flexibility index (Phi) is 3.17. The Morgan fingerprint density at radius 2 is 2.07 bits per heavy atom. The topological polar surface area (TPSA) is 20.3 Å². The first-order valence-electron chi connectivity index (χ1n) is 5.64. The van der Waals surface area contributed by atoms with Crippen molar-refractivity contribution in [1.82, 2.24) is 4.90 Å². The largest absolute Gasteiger partial charge is 0.293 e. The van der Waals surface area contributed by atoms with Crippen molar-refractivity contribution in [2.45, 2.75) is 26.3 Å². The lowest BCUT2D eigenvalue weighted by molar-refractivity contribution is 0.0900. The van der Waals surface area contributed by atoms with Crippen molar-refractivity contribution in [1.29, 1.82) is 0 Å². The molecular formula is C13H17NO. The van der Waals surface area contributed by atoms with E-state index < -0.39 is 0 Å². The number of hydrogen-bond donors (Lipinski definition) is 0. The standard InChI is InChI=1S/C13H17NO/c1-2-3-8-14-9-11-6-4-5-7-12(11)13(15)10-14/h4-7H,2-3,8-10H2,1H3. The van der Waals surface area contributed by atoms with Gasteiger partial charge in [0.2, 0.25) is 0 Å². The molecule has 0 amide bonds. The highest BCUT2D eigenvalue weighted by Crippen LogP contribution is 2.18. The summed E-state index contributed by atoms with van der Waals surface area (Å²) in [6, 6.07) is 7.95. The van der Waals surface area contributed by atoms with Crippen LogP contribution < -0.4 is 0 Å². The Labute approximate surface area is 90.9 Å². The first-order valence-corrected chi connectivity index (χ1v) is 5.64. The van der Waals surface area contributed by atoms with Gasteiger partial charge in [-0.15, -0.1) is 0 Å². The zero-order valence-electron chi connectivity index (χ0n) is 9.20. The van der Waals surface area contributed by atoms with E-state index in [9.17, 15) is 4.79 Å². The van der Waals surface area contributed by atoms with Crippen LogP contribution >= 0.6 is 0 Å². The Morgan fingerprint density at radius 1 is 1.27 bits per heavy atom. The predicted octanol–water partition coefficient (Wildman–Crippen LogP) is 2.49. The second-order valence-electron chi connectivity index (χ2n) is 4.14. The van der Waals surface area contributed by atoms with Crippen molar-refractivity contribution in [3.05, 3.63) is 35.4 Å². The molecule has 2 heteroatoms. The van der Waals surface area contributed by atoms with Crippen LogP contribution in [0.25, 0.3) is 0 Å². The summed E-state index contributed by atoms with van der Waals surface area (Å²) in [5.74, 6) is 0.271. The van der Waals surface area contributed by atoms with Crippen molar-refractivity contribution in [2.24, 2.45) is 0 Å². The van der Waals surface area contributed by atoms with Crippen molar-refractivity contribution in [2.75, 3.05) is 13.1 Å². The van der Waals surface area contributed by atoms with E-state index >= 15 is 0 Å². The van der Waals surface area contributed by atoms with Crippen LogP contribution in [0, 0.1) is 0 Å². The quantitative estimate of drug-likeness (QED) is 0.752. The van der Waals surface area contributed by atoms with Crippen LogP contribution in [0.3, 0.4) is 0 Å². The van der Waals surface area contributed by atoms with Gasteiger partial charge in [0.25, 0.3) is 0 Å². The average molecular weight is 203 g/mol. The summed E-state index contributed by atoms with van der Waals surface area (Å²) in [5, 5.41) is 0. The number of carbonyl (C=O) groups is 1. The van der Waals surface area contributed by atoms with Gasteiger partial charge < -0.3 is 0 Å². The van der Waals surface area contributed by atoms with Gasteiger partial charge in [-0.25, -0.2) is 0 Å². The number of unbranched alkanes of at least 4 members (excludes halogenated alkanes) is 1. The van der Waals surface area contributed by atoms with Crippen LogP contribution in [0.1, 0.15) is 35.7 Å². The minimum atomic E-state index is 0.271. The van der Waals surface area contributed by atoms with E-state index in [0.717, 1.165) is 18.7 Å². The number of ketones is 1. The molecule has 1 aromatic carbocycles. The fraction of sp³-hybridized carbons (Fsp3) is 0.462. The van der Waals surface area contributed by atoms with E-state index in [4.69, 9.17) is 0 Å². The first-order chi connectivity index (χ1) is 7.31. The van der Waals surface area contributed by atoms with Gasteiger partial charge in [0, 0.05) is 12.1 Å². The number of hydrogen-bond acceptors (Lipinski definition) is 2. The van der Waals surface area contributed by atoms with Crippen LogP contribution in [0.4, 0.5) is 0 Å². The SMILES string of the molecule is CCCCN1CC(=O)c2ccccc2C1. The van der Waals surface area contributed by atoms with Crippen LogP contribution in [-0.4, -0.2) is 23.8 Å². The summed E-state index contributed by atoms with van der Waals surface area (Å²) >= 11 is 0. The minimum absolute atomic E-state index is 0.271. The molecule has 0 atom stereocenters. The third kappa shape index (κ3) is 2.26. The maximum absolute atomic E-state index is 11.8. The van der Waals surface area contributed by atoms with Gasteiger partial charge in [-0.1, -0.05) is 37.6 Å². The molecule has 0 saturated heterocycles. The van der Waals surface area contributed by atoms with Crippen molar-refractivity contribution >= 4 is 5.78 Å². The fourth-order valence-corrected chi connectivity index (χ4v) is 2.06. The Bertz CT molecular complexity index is 359. The van der Waals surface area contributed by atoms with Gasteiger partial charge in [0.05, 0.1) is 6.54 Å². The summed E-state index contributed by atoms with van der Waals surface area (Å²) in [6.45, 7) is 4.75. The van der Waals surface area contributed by atoms with Crippen LogP contribution in [0.15, 0.2) is 24.3 Å². The zero-order chi connectivity index (χ0) is 10.7. The molecule has 0 fully saturated rings. The van der Waals surface area contributed by atoms with E-state index in [0.29, 0.717) is 6.54 Å². The molecule has 1 aliphatic rings. The molecule has 0 unspecified atom stereocenters. The number of fused-ring (bicyclic) bond motifs is 1. The first kappa shape index (κ1) is 10.4. The molecule has 1 heterocycles. The average Bonchev–Trinajstić information content (AvgIpc) is 2.26. The highest BCUT2D eigenvalue weighted by atomic mass is 16.1. The van der Waals surface area contributed by atoms with Gasteiger partial charge in [0.1, 0.15) is 0 Å². The van der Waals surface area contributed by atoms with E-state index in [-0.39, 0.29) is 5.78 Å². The molecule has 80 valence electrons. The lowest BCUT2D eigenvalue weighted by atomic mass is 9.99. The van der Waals surface area contributed by atoms with Gasteiger partial charge in [0.15, 0.2) is 5.78 Å². The second kappa shape index (κ2) is 4.58. The lowest BCUT2D eigenvalue weighted by Crippen LogP contribution is -2.35. The van der Waals surface area contributed by atoms with Gasteiger partial charge >= 0.3 is 0 Å². The summed E-state index contributed by atoms with van der Waals surface area (Å²) in [7, 11) is 0. The van der Waals surface area contributed by atoms with Crippen LogP contribution in [-0.2, 0) is 6.54 Å². The molecule has 0 aliphatic carbocycles. The molecule has 1 aliphatic heterocycles. The Morgan fingerprint density at radius 3 is 2.87 bits per heavy atom. The third-order valence-electron chi connectivity index (χ3n) is 2.91. The van der Waals surface area contributed by atoms with E-state index in [1.54, 1.807) is 0 Å². The van der Waals surface area contributed by atoms with Gasteiger partial charge in [-0.05, 0) is 18.5 Å². The smallest absolute Gasteiger partial charge is 0.177 e. The monoisotopic (exact) mass is 203 g/mol. The second-order valence-corrected chi connectivity index (χ2v) is 4.14. The summed E-state index contributed by atoms with van der Waals surface area (Å²) in [6.07, 6.45) is 2.36. The summed E-state index contributed by atoms with van der Waals surface area (Å²) in [5.41, 5.74) is 2.11. The highest BCUT2D eigenvalue weighted by Gasteiger charge is 2.21. The zero-order valence-corrected chi connectivity index (χ0v) is 9.20. The number of benzene rings is 1. The molecule has 2 rings (SSSR count). The Hall–Kier alpha value is -1.15. The molecule has 0 radical (unpaired) electrons. The molecule has 1 aromatic rings. The number of nitrogens with zero attached hydrogens (tertiary/aromatic N) is 1. The van der Waals surface area contributed by atoms with Gasteiger partial charge in [-0.3, -0.25) is 9.69 Å². The van der Waals surface area contributed by atoms with Crippen molar-refractivity contribution in [3.8, 4) is 0 Å². The molecule has 0 N–H and O–H groups in total. The lowest BCUT2D eigenvalue weighted by Gasteiger charge is -2.27.